The van der Waals surface area contributed by atoms with Crippen LogP contribution in [0.4, 0.5) is 10.1 Å². The number of ketones is 1. The van der Waals surface area contributed by atoms with Crippen LogP contribution in [0.15, 0.2) is 42.5 Å². The molecule has 2 aliphatic rings. The Morgan fingerprint density at radius 3 is 2.53 bits per heavy atom. The molecule has 0 N–H and O–H groups in total. The molecule has 2 heterocycles. The third-order valence-corrected chi connectivity index (χ3v) is 6.65. The van der Waals surface area contributed by atoms with Crippen LogP contribution >= 0.6 is 0 Å². The molecule has 1 fully saturated rings. The third kappa shape index (κ3) is 6.67. The molecule has 9 nitrogen and oxygen atoms in total. The summed E-state index contributed by atoms with van der Waals surface area (Å²) in [7, 11) is 0. The molecule has 0 atom stereocenters. The van der Waals surface area contributed by atoms with E-state index in [1.807, 2.05) is 0 Å². The van der Waals surface area contributed by atoms with Gasteiger partial charge in [-0.2, -0.15) is 0 Å². The molecule has 38 heavy (non-hydrogen) atoms. The number of carbonyl (C=O) groups excluding carboxylic acids is 4. The molecule has 2 amide bonds. The number of halogens is 1. The van der Waals surface area contributed by atoms with Crippen molar-refractivity contribution in [1.82, 2.24) is 4.90 Å². The van der Waals surface area contributed by atoms with Crippen LogP contribution in [0, 0.1) is 11.7 Å². The number of hydrogen-bond acceptors (Lipinski definition) is 7. The summed E-state index contributed by atoms with van der Waals surface area (Å²) >= 11 is 0. The zero-order chi connectivity index (χ0) is 27.1. The number of ether oxygens (including phenoxy) is 3. The van der Waals surface area contributed by atoms with Gasteiger partial charge in [0.05, 0.1) is 18.2 Å². The standard InChI is InChI=1S/C28H31FN2O7/c1-2-36-28(35)19-11-14-30(15-12-19)26(33)4-3-13-31-23-16-20(5-10-25(23)38-18-27(31)34)24(32)17-37-22-8-6-21(29)7-9-22/h5-10,16,19H,2-4,11-15,17-18H2,1H3. The Kier molecular flexibility index (Phi) is 8.93. The monoisotopic (exact) mass is 526 g/mol. The smallest absolute Gasteiger partial charge is 0.309 e. The van der Waals surface area contributed by atoms with Crippen molar-refractivity contribution >= 4 is 29.3 Å². The van der Waals surface area contributed by atoms with Crippen molar-refractivity contribution in [2.75, 3.05) is 44.4 Å². The van der Waals surface area contributed by atoms with E-state index in [0.717, 1.165) is 0 Å². The van der Waals surface area contributed by atoms with E-state index in [2.05, 4.69) is 0 Å². The molecule has 1 saturated heterocycles. The lowest BCUT2D eigenvalue weighted by molar-refractivity contribution is -0.151. The Labute approximate surface area is 220 Å². The molecule has 4 rings (SSSR count). The first-order chi connectivity index (χ1) is 18.4. The van der Waals surface area contributed by atoms with Crippen molar-refractivity contribution in [1.29, 1.82) is 0 Å². The number of anilines is 1. The first-order valence-corrected chi connectivity index (χ1v) is 12.8. The van der Waals surface area contributed by atoms with Gasteiger partial charge < -0.3 is 24.0 Å². The number of nitrogens with zero attached hydrogens (tertiary/aromatic N) is 2. The van der Waals surface area contributed by atoms with Crippen molar-refractivity contribution < 1.29 is 37.8 Å². The molecule has 0 saturated carbocycles. The summed E-state index contributed by atoms with van der Waals surface area (Å²) in [5.41, 5.74) is 0.811. The van der Waals surface area contributed by atoms with Gasteiger partial charge in [-0.15, -0.1) is 0 Å². The minimum absolute atomic E-state index is 0.0184. The van der Waals surface area contributed by atoms with Crippen molar-refractivity contribution in [3.63, 3.8) is 0 Å². The Morgan fingerprint density at radius 2 is 1.82 bits per heavy atom. The van der Waals surface area contributed by atoms with E-state index in [0.29, 0.717) is 68.3 Å². The second kappa shape index (κ2) is 12.5. The minimum atomic E-state index is -0.400. The summed E-state index contributed by atoms with van der Waals surface area (Å²) in [4.78, 5) is 53.3. The predicted octanol–water partition coefficient (Wildman–Crippen LogP) is 3.39. The summed E-state index contributed by atoms with van der Waals surface area (Å²) in [5.74, 6) is -0.508. The second-order valence-electron chi connectivity index (χ2n) is 9.19. The van der Waals surface area contributed by atoms with E-state index < -0.39 is 5.82 Å². The van der Waals surface area contributed by atoms with Gasteiger partial charge in [0.1, 0.15) is 17.3 Å². The number of likely N-dealkylation sites (tertiary alicyclic amines) is 1. The Balaban J connectivity index is 1.31. The summed E-state index contributed by atoms with van der Waals surface area (Å²) in [6.07, 6.45) is 1.87. The molecule has 0 bridgehead atoms. The fourth-order valence-corrected chi connectivity index (χ4v) is 4.55. The average molecular weight is 527 g/mol. The van der Waals surface area contributed by atoms with Gasteiger partial charge in [-0.05, 0) is 68.7 Å². The molecular weight excluding hydrogens is 495 g/mol. The highest BCUT2D eigenvalue weighted by atomic mass is 19.1. The molecular formula is C28H31FN2O7. The zero-order valence-electron chi connectivity index (χ0n) is 21.3. The van der Waals surface area contributed by atoms with Crippen LogP contribution in [0.3, 0.4) is 0 Å². The number of Topliss-reactive ketones (excluding diaryl/α,β-unsaturated/α-hetero) is 1. The molecule has 2 aromatic rings. The topological polar surface area (TPSA) is 102 Å². The highest BCUT2D eigenvalue weighted by Crippen LogP contribution is 2.33. The average Bonchev–Trinajstić information content (AvgIpc) is 2.93. The maximum Gasteiger partial charge on any atom is 0.309 e. The molecule has 0 aliphatic carbocycles. The quantitative estimate of drug-likeness (QED) is 0.345. The predicted molar refractivity (Wildman–Crippen MR) is 136 cm³/mol. The van der Waals surface area contributed by atoms with Crippen LogP contribution in [0.25, 0.3) is 0 Å². The van der Waals surface area contributed by atoms with Gasteiger partial charge in [0.15, 0.2) is 19.0 Å². The molecule has 202 valence electrons. The summed E-state index contributed by atoms with van der Waals surface area (Å²) < 4.78 is 29.1. The van der Waals surface area contributed by atoms with Crippen molar-refractivity contribution in [3.8, 4) is 11.5 Å². The van der Waals surface area contributed by atoms with Crippen molar-refractivity contribution in [2.24, 2.45) is 5.92 Å². The van der Waals surface area contributed by atoms with Crippen LogP contribution in [-0.2, 0) is 19.1 Å². The van der Waals surface area contributed by atoms with E-state index in [1.54, 1.807) is 30.0 Å². The Bertz CT molecular complexity index is 1180. The number of fused-ring (bicyclic) bond motifs is 1. The second-order valence-corrected chi connectivity index (χ2v) is 9.19. The lowest BCUT2D eigenvalue weighted by Crippen LogP contribution is -2.42. The third-order valence-electron chi connectivity index (χ3n) is 6.65. The van der Waals surface area contributed by atoms with Crippen LogP contribution in [0.5, 0.6) is 11.5 Å². The minimum Gasteiger partial charge on any atom is -0.485 e. The fourth-order valence-electron chi connectivity index (χ4n) is 4.55. The maximum absolute atomic E-state index is 13.1. The van der Waals surface area contributed by atoms with Gasteiger partial charge in [-0.1, -0.05) is 0 Å². The summed E-state index contributed by atoms with van der Waals surface area (Å²) in [5, 5.41) is 0. The number of amides is 2. The fraction of sp³-hybridized carbons (Fsp3) is 0.429. The summed E-state index contributed by atoms with van der Waals surface area (Å²) in [6.45, 7) is 3.06. The van der Waals surface area contributed by atoms with Gasteiger partial charge in [0, 0.05) is 31.6 Å². The lowest BCUT2D eigenvalue weighted by Gasteiger charge is -2.32. The van der Waals surface area contributed by atoms with Crippen LogP contribution in [0.2, 0.25) is 0 Å². The number of esters is 1. The van der Waals surface area contributed by atoms with Crippen LogP contribution in [-0.4, -0.2) is 67.9 Å². The molecule has 0 unspecified atom stereocenters. The molecule has 0 spiro atoms. The van der Waals surface area contributed by atoms with Gasteiger partial charge in [-0.25, -0.2) is 4.39 Å². The van der Waals surface area contributed by atoms with Gasteiger partial charge in [0.2, 0.25) is 5.91 Å². The van der Waals surface area contributed by atoms with Gasteiger partial charge in [-0.3, -0.25) is 19.2 Å². The summed E-state index contributed by atoms with van der Waals surface area (Å²) in [6, 6.07) is 10.2. The van der Waals surface area contributed by atoms with E-state index in [9.17, 15) is 23.6 Å². The molecule has 0 radical (unpaired) electrons. The van der Waals surface area contributed by atoms with E-state index in [4.69, 9.17) is 14.2 Å². The molecule has 2 aliphatic heterocycles. The molecule has 10 heteroatoms. The largest absolute Gasteiger partial charge is 0.485 e. The number of rotatable bonds is 10. The van der Waals surface area contributed by atoms with Crippen molar-refractivity contribution in [2.45, 2.75) is 32.6 Å². The number of carbonyl (C=O) groups is 4. The number of benzene rings is 2. The lowest BCUT2D eigenvalue weighted by atomic mass is 9.96. The van der Waals surface area contributed by atoms with Crippen LogP contribution < -0.4 is 14.4 Å². The SMILES string of the molecule is CCOC(=O)C1CCN(C(=O)CCCN2C(=O)COc3ccc(C(=O)COc4ccc(F)cc4)cc32)CC1. The first-order valence-electron chi connectivity index (χ1n) is 12.8. The Hall–Kier alpha value is -3.95. The van der Waals surface area contributed by atoms with E-state index in [-0.39, 0.29) is 49.1 Å². The van der Waals surface area contributed by atoms with Gasteiger partial charge >= 0.3 is 5.97 Å². The first kappa shape index (κ1) is 27.1. The van der Waals surface area contributed by atoms with Gasteiger partial charge in [0.25, 0.3) is 5.91 Å². The Morgan fingerprint density at radius 1 is 1.08 bits per heavy atom. The molecule has 2 aromatic carbocycles. The molecule has 0 aromatic heterocycles. The number of hydrogen-bond donors (Lipinski definition) is 0. The number of piperidine rings is 1. The maximum atomic E-state index is 13.1. The normalized spacial score (nSPS) is 15.5. The van der Waals surface area contributed by atoms with E-state index >= 15 is 0 Å². The highest BCUT2D eigenvalue weighted by molar-refractivity contribution is 6.02. The van der Waals surface area contributed by atoms with Crippen molar-refractivity contribution in [3.05, 3.63) is 53.8 Å². The van der Waals surface area contributed by atoms with E-state index in [1.165, 1.54) is 29.2 Å². The van der Waals surface area contributed by atoms with Crippen LogP contribution in [0.1, 0.15) is 43.0 Å². The zero-order valence-corrected chi connectivity index (χ0v) is 21.3. The highest BCUT2D eigenvalue weighted by Gasteiger charge is 2.29.